The number of carbonyl (C=O) groups excluding carboxylic acids is 3. The van der Waals surface area contributed by atoms with E-state index in [1.54, 1.807) is 12.1 Å². The van der Waals surface area contributed by atoms with Gasteiger partial charge in [-0.2, -0.15) is 0 Å². The number of amides is 3. The van der Waals surface area contributed by atoms with Crippen molar-refractivity contribution in [1.82, 2.24) is 10.2 Å². The van der Waals surface area contributed by atoms with Crippen LogP contribution in [0.3, 0.4) is 0 Å². The molecule has 2 atom stereocenters. The van der Waals surface area contributed by atoms with Gasteiger partial charge in [0.2, 0.25) is 17.7 Å². The number of rotatable bonds is 6. The number of hydrogen-bond donors (Lipinski definition) is 1. The third kappa shape index (κ3) is 4.21. The van der Waals surface area contributed by atoms with E-state index >= 15 is 0 Å². The number of nitrogens with one attached hydrogen (secondary N) is 1. The summed E-state index contributed by atoms with van der Waals surface area (Å²) in [5, 5.41) is 3.95. The Balaban J connectivity index is 1.44. The van der Waals surface area contributed by atoms with Gasteiger partial charge >= 0.3 is 0 Å². The Hall–Kier alpha value is -1.59. The number of halogens is 2. The maximum Gasteiger partial charge on any atom is 0.233 e. The molecule has 1 aromatic carbocycles. The molecule has 1 N–H and O–H groups in total. The molecule has 0 aromatic heterocycles. The molecule has 3 amide bonds. The third-order valence-corrected chi connectivity index (χ3v) is 5.81. The Morgan fingerprint density at radius 2 is 1.77 bits per heavy atom. The first kappa shape index (κ1) is 19.2. The highest BCUT2D eigenvalue weighted by molar-refractivity contribution is 6.35. The van der Waals surface area contributed by atoms with Gasteiger partial charge in [0.15, 0.2) is 0 Å². The van der Waals surface area contributed by atoms with E-state index in [0.717, 1.165) is 31.2 Å². The first-order chi connectivity index (χ1) is 12.5. The predicted molar refractivity (Wildman–Crippen MR) is 100.0 cm³/mol. The second-order valence-electron chi connectivity index (χ2n) is 6.91. The zero-order valence-corrected chi connectivity index (χ0v) is 16.0. The lowest BCUT2D eigenvalue weighted by Crippen LogP contribution is -2.35. The van der Waals surface area contributed by atoms with Crippen LogP contribution in [0.1, 0.15) is 37.7 Å². The number of nitrogens with zero attached hydrogens (tertiary/aromatic N) is 1. The summed E-state index contributed by atoms with van der Waals surface area (Å²) >= 11 is 12.0. The molecular formula is C19H22Cl2N2O3. The fourth-order valence-electron chi connectivity index (χ4n) is 3.81. The van der Waals surface area contributed by atoms with Crippen LogP contribution in [0.2, 0.25) is 10.0 Å². The Morgan fingerprint density at radius 3 is 2.38 bits per heavy atom. The zero-order chi connectivity index (χ0) is 18.7. The van der Waals surface area contributed by atoms with Crippen LogP contribution in [0.4, 0.5) is 0 Å². The Bertz CT molecular complexity index is 699. The number of fused-ring (bicyclic) bond motifs is 1. The molecule has 0 unspecified atom stereocenters. The maximum atomic E-state index is 12.4. The van der Waals surface area contributed by atoms with Crippen molar-refractivity contribution < 1.29 is 14.4 Å². The number of carbonyl (C=O) groups is 3. The second-order valence-corrected chi connectivity index (χ2v) is 7.75. The molecule has 1 aliphatic heterocycles. The topological polar surface area (TPSA) is 66.5 Å². The molecule has 0 spiro atoms. The van der Waals surface area contributed by atoms with Crippen LogP contribution in [-0.2, 0) is 20.8 Å². The van der Waals surface area contributed by atoms with Crippen molar-refractivity contribution in [3.63, 3.8) is 0 Å². The van der Waals surface area contributed by atoms with Crippen LogP contribution in [0, 0.1) is 11.8 Å². The first-order valence-electron chi connectivity index (χ1n) is 9.03. The summed E-state index contributed by atoms with van der Waals surface area (Å²) in [6.07, 6.45) is 4.31. The number of likely N-dealkylation sites (tertiary alicyclic amines) is 1. The molecule has 1 aliphatic carbocycles. The smallest absolute Gasteiger partial charge is 0.233 e. The quantitative estimate of drug-likeness (QED) is 0.750. The molecule has 26 heavy (non-hydrogen) atoms. The van der Waals surface area contributed by atoms with Crippen LogP contribution in [0.15, 0.2) is 18.2 Å². The SMILES string of the molecule is O=C(CCN1C(=O)[C@H]2CCCC[C@@H]2C1=O)NCCc1ccc(Cl)cc1Cl. The molecule has 7 heteroatoms. The van der Waals surface area contributed by atoms with Gasteiger partial charge in [-0.25, -0.2) is 0 Å². The number of benzene rings is 1. The fraction of sp³-hybridized carbons (Fsp3) is 0.526. The van der Waals surface area contributed by atoms with Crippen molar-refractivity contribution in [3.05, 3.63) is 33.8 Å². The standard InChI is InChI=1S/C19H22Cl2N2O3/c20-13-6-5-12(16(21)11-13)7-9-22-17(24)8-10-23-18(25)14-3-1-2-4-15(14)19(23)26/h5-6,11,14-15H,1-4,7-10H2,(H,22,24)/t14-,15-/m0/s1. The highest BCUT2D eigenvalue weighted by Gasteiger charge is 2.47. The highest BCUT2D eigenvalue weighted by Crippen LogP contribution is 2.37. The molecule has 5 nitrogen and oxygen atoms in total. The summed E-state index contributed by atoms with van der Waals surface area (Å²) in [6.45, 7) is 0.603. The molecule has 0 radical (unpaired) electrons. The van der Waals surface area contributed by atoms with Crippen LogP contribution < -0.4 is 5.32 Å². The molecular weight excluding hydrogens is 375 g/mol. The lowest BCUT2D eigenvalue weighted by molar-refractivity contribution is -0.140. The van der Waals surface area contributed by atoms with Gasteiger partial charge in [-0.05, 0) is 37.0 Å². The van der Waals surface area contributed by atoms with Crippen LogP contribution in [-0.4, -0.2) is 35.7 Å². The molecule has 1 heterocycles. The lowest BCUT2D eigenvalue weighted by atomic mass is 9.81. The number of hydrogen-bond acceptors (Lipinski definition) is 3. The van der Waals surface area contributed by atoms with Gasteiger partial charge in [0.25, 0.3) is 0 Å². The van der Waals surface area contributed by atoms with E-state index in [2.05, 4.69) is 5.32 Å². The Kier molecular flexibility index (Phi) is 6.20. The van der Waals surface area contributed by atoms with Crippen molar-refractivity contribution in [2.75, 3.05) is 13.1 Å². The van der Waals surface area contributed by atoms with Crippen LogP contribution in [0.25, 0.3) is 0 Å². The predicted octanol–water partition coefficient (Wildman–Crippen LogP) is 3.22. The van der Waals surface area contributed by atoms with Gasteiger partial charge in [-0.15, -0.1) is 0 Å². The van der Waals surface area contributed by atoms with E-state index in [0.29, 0.717) is 23.0 Å². The van der Waals surface area contributed by atoms with E-state index in [9.17, 15) is 14.4 Å². The number of imide groups is 1. The van der Waals surface area contributed by atoms with E-state index in [4.69, 9.17) is 23.2 Å². The van der Waals surface area contributed by atoms with Gasteiger partial charge in [-0.3, -0.25) is 19.3 Å². The Morgan fingerprint density at radius 1 is 1.12 bits per heavy atom. The second kappa shape index (κ2) is 8.40. The minimum absolute atomic E-state index is 0.0968. The highest BCUT2D eigenvalue weighted by atomic mass is 35.5. The van der Waals surface area contributed by atoms with Gasteiger partial charge in [0.05, 0.1) is 11.8 Å². The van der Waals surface area contributed by atoms with Crippen molar-refractivity contribution >= 4 is 40.9 Å². The summed E-state index contributed by atoms with van der Waals surface area (Å²) in [6, 6.07) is 5.26. The summed E-state index contributed by atoms with van der Waals surface area (Å²) in [5.74, 6) is -0.691. The maximum absolute atomic E-state index is 12.4. The van der Waals surface area contributed by atoms with Crippen molar-refractivity contribution in [2.45, 2.75) is 38.5 Å². The monoisotopic (exact) mass is 396 g/mol. The fourth-order valence-corrected chi connectivity index (χ4v) is 4.32. The third-order valence-electron chi connectivity index (χ3n) is 5.23. The van der Waals surface area contributed by atoms with Crippen LogP contribution in [0.5, 0.6) is 0 Å². The van der Waals surface area contributed by atoms with Gasteiger partial charge in [-0.1, -0.05) is 42.1 Å². The molecule has 3 rings (SSSR count). The summed E-state index contributed by atoms with van der Waals surface area (Å²) in [7, 11) is 0. The van der Waals surface area contributed by atoms with Gasteiger partial charge in [0, 0.05) is 29.6 Å². The van der Waals surface area contributed by atoms with Gasteiger partial charge < -0.3 is 5.32 Å². The normalized spacial score (nSPS) is 22.5. The molecule has 1 aromatic rings. The van der Waals surface area contributed by atoms with E-state index in [-0.39, 0.29) is 42.5 Å². The molecule has 2 fully saturated rings. The van der Waals surface area contributed by atoms with E-state index < -0.39 is 0 Å². The summed E-state index contributed by atoms with van der Waals surface area (Å²) in [4.78, 5) is 38.1. The lowest BCUT2D eigenvalue weighted by Gasteiger charge is -2.19. The average Bonchev–Trinajstić information content (AvgIpc) is 2.86. The molecule has 140 valence electrons. The van der Waals surface area contributed by atoms with Crippen molar-refractivity contribution in [1.29, 1.82) is 0 Å². The molecule has 1 saturated carbocycles. The van der Waals surface area contributed by atoms with Crippen molar-refractivity contribution in [2.24, 2.45) is 11.8 Å². The molecule has 1 saturated heterocycles. The minimum atomic E-state index is -0.175. The largest absolute Gasteiger partial charge is 0.356 e. The van der Waals surface area contributed by atoms with Crippen molar-refractivity contribution in [3.8, 4) is 0 Å². The average molecular weight is 397 g/mol. The summed E-state index contributed by atoms with van der Waals surface area (Å²) in [5.41, 5.74) is 0.908. The zero-order valence-electron chi connectivity index (χ0n) is 14.5. The summed E-state index contributed by atoms with van der Waals surface area (Å²) < 4.78 is 0. The first-order valence-corrected chi connectivity index (χ1v) is 9.79. The van der Waals surface area contributed by atoms with Gasteiger partial charge in [0.1, 0.15) is 0 Å². The van der Waals surface area contributed by atoms with E-state index in [1.165, 1.54) is 4.90 Å². The minimum Gasteiger partial charge on any atom is -0.356 e. The molecule has 0 bridgehead atoms. The molecule has 2 aliphatic rings. The van der Waals surface area contributed by atoms with Crippen LogP contribution >= 0.6 is 23.2 Å². The Labute approximate surface area is 163 Å². The van der Waals surface area contributed by atoms with E-state index in [1.807, 2.05) is 6.07 Å².